The Kier molecular flexibility index (Phi) is 5.54. The SMILES string of the molecule is Cl.NC1C2CCCC1CC(C(=O)NC1CCCc3[nH]c(=O)ccc31)C2. The predicted molar refractivity (Wildman–Crippen MR) is 99.7 cm³/mol. The molecule has 0 spiro atoms. The van der Waals surface area contributed by atoms with E-state index >= 15 is 0 Å². The van der Waals surface area contributed by atoms with E-state index in [0.29, 0.717) is 17.9 Å². The summed E-state index contributed by atoms with van der Waals surface area (Å²) in [6.45, 7) is 0. The van der Waals surface area contributed by atoms with Gasteiger partial charge in [-0.15, -0.1) is 12.4 Å². The maximum atomic E-state index is 12.9. The number of aryl methyl sites for hydroxylation is 1. The summed E-state index contributed by atoms with van der Waals surface area (Å²) in [6, 6.07) is 3.77. The van der Waals surface area contributed by atoms with Crippen LogP contribution in [-0.4, -0.2) is 16.9 Å². The molecule has 1 aromatic rings. The van der Waals surface area contributed by atoms with Crippen molar-refractivity contribution in [2.24, 2.45) is 23.5 Å². The zero-order valence-corrected chi connectivity index (χ0v) is 15.3. The van der Waals surface area contributed by atoms with Gasteiger partial charge in [0.25, 0.3) is 0 Å². The standard InChI is InChI=1S/C19H27N3O2.ClH/c20-18-11-3-1-4-12(18)10-13(9-11)19(24)22-16-6-2-5-15-14(16)7-8-17(23)21-15;/h7-8,11-13,16,18H,1-6,9-10,20H2,(H,21,23)(H,22,24);1H. The number of nitrogens with two attached hydrogens (primary N) is 1. The molecule has 2 bridgehead atoms. The van der Waals surface area contributed by atoms with Crippen molar-refractivity contribution in [2.75, 3.05) is 0 Å². The number of aromatic nitrogens is 1. The van der Waals surface area contributed by atoms with Crippen molar-refractivity contribution in [2.45, 2.75) is 63.5 Å². The number of carbonyl (C=O) groups is 1. The normalized spacial score (nSPS) is 33.7. The van der Waals surface area contributed by atoms with Gasteiger partial charge in [-0.25, -0.2) is 0 Å². The third kappa shape index (κ3) is 3.63. The number of nitrogens with one attached hydrogen (secondary N) is 2. The van der Waals surface area contributed by atoms with Gasteiger partial charge in [0.2, 0.25) is 11.5 Å². The summed E-state index contributed by atoms with van der Waals surface area (Å²) in [5, 5.41) is 3.27. The number of H-pyrrole nitrogens is 1. The largest absolute Gasteiger partial charge is 0.349 e. The van der Waals surface area contributed by atoms with Gasteiger partial charge in [0, 0.05) is 23.7 Å². The Labute approximate surface area is 154 Å². The van der Waals surface area contributed by atoms with Gasteiger partial charge < -0.3 is 16.0 Å². The number of halogens is 1. The van der Waals surface area contributed by atoms with Crippen molar-refractivity contribution < 1.29 is 4.79 Å². The molecule has 0 aliphatic heterocycles. The highest BCUT2D eigenvalue weighted by Gasteiger charge is 2.41. The summed E-state index contributed by atoms with van der Waals surface area (Å²) in [4.78, 5) is 27.3. The number of amides is 1. The lowest BCUT2D eigenvalue weighted by molar-refractivity contribution is -0.128. The van der Waals surface area contributed by atoms with Crippen LogP contribution in [0.25, 0.3) is 0 Å². The average Bonchev–Trinajstić information content (AvgIpc) is 2.54. The molecule has 1 amide bonds. The molecule has 0 saturated heterocycles. The summed E-state index contributed by atoms with van der Waals surface area (Å²) >= 11 is 0. The fourth-order valence-electron chi connectivity index (χ4n) is 5.14. The minimum atomic E-state index is -0.0604. The zero-order chi connectivity index (χ0) is 16.7. The molecular weight excluding hydrogens is 338 g/mol. The molecule has 0 aromatic carbocycles. The Balaban J connectivity index is 0.00000182. The Morgan fingerprint density at radius 1 is 1.12 bits per heavy atom. The van der Waals surface area contributed by atoms with Gasteiger partial charge in [-0.3, -0.25) is 9.59 Å². The van der Waals surface area contributed by atoms with E-state index in [1.54, 1.807) is 6.07 Å². The number of carbonyl (C=O) groups excluding carboxylic acids is 1. The van der Waals surface area contributed by atoms with Crippen LogP contribution in [0.1, 0.15) is 62.2 Å². The topological polar surface area (TPSA) is 88.0 Å². The molecule has 4 rings (SSSR count). The number of rotatable bonds is 2. The van der Waals surface area contributed by atoms with Crippen LogP contribution in [0, 0.1) is 17.8 Å². The highest BCUT2D eigenvalue weighted by atomic mass is 35.5. The number of aromatic amines is 1. The Hall–Kier alpha value is -1.33. The molecule has 3 aliphatic rings. The second-order valence-corrected chi connectivity index (χ2v) is 7.91. The zero-order valence-electron chi connectivity index (χ0n) is 14.5. The van der Waals surface area contributed by atoms with E-state index in [-0.39, 0.29) is 35.8 Å². The summed E-state index contributed by atoms with van der Waals surface area (Å²) in [7, 11) is 0. The Morgan fingerprint density at radius 3 is 2.56 bits per heavy atom. The van der Waals surface area contributed by atoms with Gasteiger partial charge in [0.1, 0.15) is 0 Å². The molecule has 3 aliphatic carbocycles. The van der Waals surface area contributed by atoms with Crippen molar-refractivity contribution >= 4 is 18.3 Å². The van der Waals surface area contributed by atoms with Crippen LogP contribution >= 0.6 is 12.4 Å². The number of pyridine rings is 1. The van der Waals surface area contributed by atoms with Gasteiger partial charge in [-0.1, -0.05) is 6.42 Å². The van der Waals surface area contributed by atoms with Gasteiger partial charge in [0.15, 0.2) is 0 Å². The lowest BCUT2D eigenvalue weighted by Crippen LogP contribution is -2.49. The van der Waals surface area contributed by atoms with Crippen LogP contribution in [0.2, 0.25) is 0 Å². The fraction of sp³-hybridized carbons (Fsp3) is 0.684. The summed E-state index contributed by atoms with van der Waals surface area (Å²) in [6.07, 6.45) is 8.33. The summed E-state index contributed by atoms with van der Waals surface area (Å²) < 4.78 is 0. The van der Waals surface area contributed by atoms with E-state index in [9.17, 15) is 9.59 Å². The van der Waals surface area contributed by atoms with Crippen LogP contribution in [0.3, 0.4) is 0 Å². The molecule has 0 radical (unpaired) electrons. The highest BCUT2D eigenvalue weighted by molar-refractivity contribution is 5.85. The number of fused-ring (bicyclic) bond motifs is 3. The van der Waals surface area contributed by atoms with Crippen LogP contribution < -0.4 is 16.6 Å². The van der Waals surface area contributed by atoms with Crippen LogP contribution in [0.4, 0.5) is 0 Å². The minimum absolute atomic E-state index is 0. The monoisotopic (exact) mass is 365 g/mol. The molecule has 2 fully saturated rings. The van der Waals surface area contributed by atoms with E-state index in [1.807, 2.05) is 6.07 Å². The first-order valence-electron chi connectivity index (χ1n) is 9.40. The number of hydrogen-bond donors (Lipinski definition) is 3. The molecule has 2 saturated carbocycles. The Bertz CT molecular complexity index is 675. The van der Waals surface area contributed by atoms with Crippen molar-refractivity contribution in [3.05, 3.63) is 33.7 Å². The van der Waals surface area contributed by atoms with E-state index in [1.165, 1.54) is 19.3 Å². The van der Waals surface area contributed by atoms with E-state index < -0.39 is 0 Å². The second-order valence-electron chi connectivity index (χ2n) is 7.91. The van der Waals surface area contributed by atoms with Gasteiger partial charge >= 0.3 is 0 Å². The minimum Gasteiger partial charge on any atom is -0.349 e. The summed E-state index contributed by atoms with van der Waals surface area (Å²) in [5.74, 6) is 1.32. The summed E-state index contributed by atoms with van der Waals surface area (Å²) in [5.41, 5.74) is 8.36. The number of hydrogen-bond acceptors (Lipinski definition) is 3. The molecule has 1 aromatic heterocycles. The molecular formula is C19H28ClN3O2. The lowest BCUT2D eigenvalue weighted by atomic mass is 9.65. The first kappa shape index (κ1) is 18.5. The molecule has 25 heavy (non-hydrogen) atoms. The van der Waals surface area contributed by atoms with Gasteiger partial charge in [-0.05, 0) is 68.4 Å². The first-order valence-corrected chi connectivity index (χ1v) is 9.40. The van der Waals surface area contributed by atoms with E-state index in [0.717, 1.165) is 43.4 Å². The smallest absolute Gasteiger partial charge is 0.248 e. The molecule has 5 nitrogen and oxygen atoms in total. The fourth-order valence-corrected chi connectivity index (χ4v) is 5.14. The second kappa shape index (κ2) is 7.50. The van der Waals surface area contributed by atoms with E-state index in [2.05, 4.69) is 10.3 Å². The average molecular weight is 366 g/mol. The van der Waals surface area contributed by atoms with Gasteiger partial charge in [-0.2, -0.15) is 0 Å². The van der Waals surface area contributed by atoms with Crippen LogP contribution in [-0.2, 0) is 11.2 Å². The highest BCUT2D eigenvalue weighted by Crippen LogP contribution is 2.42. The van der Waals surface area contributed by atoms with Crippen LogP contribution in [0.15, 0.2) is 16.9 Å². The van der Waals surface area contributed by atoms with Crippen molar-refractivity contribution in [3.63, 3.8) is 0 Å². The maximum Gasteiger partial charge on any atom is 0.248 e. The predicted octanol–water partition coefficient (Wildman–Crippen LogP) is 2.44. The van der Waals surface area contributed by atoms with Crippen LogP contribution in [0.5, 0.6) is 0 Å². The molecule has 4 N–H and O–H groups in total. The van der Waals surface area contributed by atoms with Crippen molar-refractivity contribution in [1.82, 2.24) is 10.3 Å². The molecule has 3 unspecified atom stereocenters. The third-order valence-electron chi connectivity index (χ3n) is 6.43. The van der Waals surface area contributed by atoms with Crippen molar-refractivity contribution in [3.8, 4) is 0 Å². The Morgan fingerprint density at radius 2 is 1.84 bits per heavy atom. The maximum absolute atomic E-state index is 12.9. The third-order valence-corrected chi connectivity index (χ3v) is 6.43. The lowest BCUT2D eigenvalue weighted by Gasteiger charge is -2.43. The first-order chi connectivity index (χ1) is 11.6. The molecule has 6 heteroatoms. The van der Waals surface area contributed by atoms with Crippen molar-refractivity contribution in [1.29, 1.82) is 0 Å². The van der Waals surface area contributed by atoms with Gasteiger partial charge in [0.05, 0.1) is 6.04 Å². The molecule has 3 atom stereocenters. The van der Waals surface area contributed by atoms with E-state index in [4.69, 9.17) is 5.73 Å². The molecule has 138 valence electrons. The molecule has 1 heterocycles. The quantitative estimate of drug-likeness (QED) is 0.752.